The van der Waals surface area contributed by atoms with Gasteiger partial charge in [-0.3, -0.25) is 0 Å². The number of anilines is 1. The Labute approximate surface area is 223 Å². The van der Waals surface area contributed by atoms with Crippen molar-refractivity contribution in [3.63, 3.8) is 0 Å². The Morgan fingerprint density at radius 3 is 2.49 bits per heavy atom. The average molecular weight is 499 g/mol. The Bertz CT molecular complexity index is 1680. The highest BCUT2D eigenvalue weighted by atomic mass is 32.2. The molecule has 2 N–H and O–H groups in total. The lowest BCUT2D eigenvalue weighted by molar-refractivity contribution is 0.657. The minimum Gasteiger partial charge on any atom is -0.388 e. The van der Waals surface area contributed by atoms with Crippen molar-refractivity contribution in [3.8, 4) is 11.1 Å². The summed E-state index contributed by atoms with van der Waals surface area (Å²) in [6, 6.07) is 31.0. The largest absolute Gasteiger partial charge is 0.388 e. The van der Waals surface area contributed by atoms with Gasteiger partial charge in [-0.15, -0.1) is 0 Å². The molecule has 0 radical (unpaired) electrons. The molecule has 182 valence electrons. The van der Waals surface area contributed by atoms with Gasteiger partial charge in [-0.1, -0.05) is 103 Å². The first-order valence-corrected chi connectivity index (χ1v) is 13.5. The van der Waals surface area contributed by atoms with Crippen molar-refractivity contribution in [2.24, 2.45) is 0 Å². The van der Waals surface area contributed by atoms with Gasteiger partial charge in [-0.25, -0.2) is 0 Å². The standard InChI is InChI=1S/C34H30N2S/c1-5-6-14-25-22(2)36-32-27(25)18-19-28-33(32)37-31-20-17-23(26-15-10-11-16-30(26)35-4)21-29(31)34(28,3)24-12-8-7-9-13-24/h5-21,35-36H,1H2,2-4H3/b14-6-. The molecule has 3 heteroatoms. The molecule has 0 bridgehead atoms. The van der Waals surface area contributed by atoms with E-state index in [-0.39, 0.29) is 5.41 Å². The summed E-state index contributed by atoms with van der Waals surface area (Å²) < 4.78 is 0. The Balaban J connectivity index is 1.63. The van der Waals surface area contributed by atoms with Crippen LogP contribution in [0, 0.1) is 6.92 Å². The van der Waals surface area contributed by atoms with Gasteiger partial charge in [0.1, 0.15) is 0 Å². The molecule has 2 heterocycles. The number of para-hydroxylation sites is 1. The zero-order valence-electron chi connectivity index (χ0n) is 21.4. The quantitative estimate of drug-likeness (QED) is 0.236. The van der Waals surface area contributed by atoms with Crippen LogP contribution < -0.4 is 5.32 Å². The molecule has 1 atom stereocenters. The molecule has 0 fully saturated rings. The maximum Gasteiger partial charge on any atom is 0.0607 e. The number of rotatable bonds is 5. The van der Waals surface area contributed by atoms with E-state index >= 15 is 0 Å². The summed E-state index contributed by atoms with van der Waals surface area (Å²) in [5.74, 6) is 0. The smallest absolute Gasteiger partial charge is 0.0607 e. The van der Waals surface area contributed by atoms with E-state index in [9.17, 15) is 0 Å². The summed E-state index contributed by atoms with van der Waals surface area (Å²) in [7, 11) is 1.99. The van der Waals surface area contributed by atoms with Crippen molar-refractivity contribution >= 4 is 34.4 Å². The molecule has 5 aromatic rings. The maximum atomic E-state index is 3.85. The van der Waals surface area contributed by atoms with Crippen LogP contribution in [-0.4, -0.2) is 12.0 Å². The molecule has 2 nitrogen and oxygen atoms in total. The van der Waals surface area contributed by atoms with Gasteiger partial charge in [0.05, 0.1) is 5.52 Å². The summed E-state index contributed by atoms with van der Waals surface area (Å²) in [5.41, 5.74) is 10.9. The molecule has 37 heavy (non-hydrogen) atoms. The van der Waals surface area contributed by atoms with E-state index in [4.69, 9.17) is 0 Å². The van der Waals surface area contributed by atoms with Crippen LogP contribution in [0.15, 0.2) is 113 Å². The Kier molecular flexibility index (Phi) is 5.81. The van der Waals surface area contributed by atoms with E-state index in [2.05, 4.69) is 122 Å². The highest BCUT2D eigenvalue weighted by Crippen LogP contribution is 2.55. The van der Waals surface area contributed by atoms with Gasteiger partial charge in [0.25, 0.3) is 0 Å². The second-order valence-electron chi connectivity index (χ2n) is 9.72. The van der Waals surface area contributed by atoms with Crippen LogP contribution in [0.2, 0.25) is 0 Å². The molecule has 0 amide bonds. The molecule has 1 aromatic heterocycles. The first-order chi connectivity index (χ1) is 18.1. The second kappa shape index (κ2) is 9.17. The van der Waals surface area contributed by atoms with Gasteiger partial charge in [0.15, 0.2) is 0 Å². The van der Waals surface area contributed by atoms with E-state index in [1.807, 2.05) is 31.0 Å². The molecule has 4 aromatic carbocycles. The molecule has 1 aliphatic rings. The zero-order valence-corrected chi connectivity index (χ0v) is 22.2. The van der Waals surface area contributed by atoms with Gasteiger partial charge >= 0.3 is 0 Å². The van der Waals surface area contributed by atoms with Crippen molar-refractivity contribution in [3.05, 3.63) is 132 Å². The van der Waals surface area contributed by atoms with Crippen molar-refractivity contribution < 1.29 is 0 Å². The van der Waals surface area contributed by atoms with Gasteiger partial charge in [0, 0.05) is 50.1 Å². The van der Waals surface area contributed by atoms with Gasteiger partial charge < -0.3 is 10.3 Å². The van der Waals surface area contributed by atoms with Crippen LogP contribution in [0.3, 0.4) is 0 Å². The molecule has 0 saturated heterocycles. The summed E-state index contributed by atoms with van der Waals surface area (Å²) in [6.45, 7) is 8.39. The number of fused-ring (bicyclic) bond motifs is 4. The van der Waals surface area contributed by atoms with E-state index in [0.717, 1.165) is 5.69 Å². The van der Waals surface area contributed by atoms with Gasteiger partial charge in [0.2, 0.25) is 0 Å². The van der Waals surface area contributed by atoms with E-state index in [0.29, 0.717) is 0 Å². The summed E-state index contributed by atoms with van der Waals surface area (Å²) in [6.07, 6.45) is 5.99. The van der Waals surface area contributed by atoms with Crippen LogP contribution in [0.5, 0.6) is 0 Å². The Hall–Kier alpha value is -3.95. The lowest BCUT2D eigenvalue weighted by atomic mass is 9.70. The summed E-state index contributed by atoms with van der Waals surface area (Å²) >= 11 is 1.88. The fraction of sp³-hybridized carbons (Fsp3) is 0.118. The third-order valence-corrected chi connectivity index (χ3v) is 8.89. The third-order valence-electron chi connectivity index (χ3n) is 7.69. The molecule has 0 spiro atoms. The highest BCUT2D eigenvalue weighted by molar-refractivity contribution is 7.99. The second-order valence-corrected chi connectivity index (χ2v) is 10.8. The normalized spacial score (nSPS) is 16.5. The maximum absolute atomic E-state index is 3.85. The van der Waals surface area contributed by atoms with E-state index in [1.54, 1.807) is 0 Å². The number of aromatic amines is 1. The topological polar surface area (TPSA) is 27.8 Å². The van der Waals surface area contributed by atoms with Crippen molar-refractivity contribution in [2.45, 2.75) is 29.1 Å². The number of hydrogen-bond donors (Lipinski definition) is 2. The van der Waals surface area contributed by atoms with Crippen LogP contribution >= 0.6 is 11.8 Å². The number of allylic oxidation sites excluding steroid dienone is 2. The van der Waals surface area contributed by atoms with E-state index in [1.165, 1.54) is 59.8 Å². The van der Waals surface area contributed by atoms with Crippen LogP contribution in [0.1, 0.15) is 34.9 Å². The number of H-pyrrole nitrogens is 1. The third kappa shape index (κ3) is 3.65. The summed E-state index contributed by atoms with van der Waals surface area (Å²) in [4.78, 5) is 6.33. The zero-order chi connectivity index (χ0) is 25.6. The minimum atomic E-state index is -0.300. The SMILES string of the molecule is C=C/C=C\c1c(C)[nH]c2c3c(ccc12)C(C)(c1ccccc1)c1cc(-c2ccccc2NC)ccc1S3. The predicted octanol–water partition coefficient (Wildman–Crippen LogP) is 9.20. The highest BCUT2D eigenvalue weighted by Gasteiger charge is 2.40. The monoisotopic (exact) mass is 498 g/mol. The number of benzene rings is 4. The van der Waals surface area contributed by atoms with E-state index < -0.39 is 0 Å². The Morgan fingerprint density at radius 1 is 0.919 bits per heavy atom. The Morgan fingerprint density at radius 2 is 1.70 bits per heavy atom. The lowest BCUT2D eigenvalue weighted by Crippen LogP contribution is -2.29. The molecular weight excluding hydrogens is 468 g/mol. The van der Waals surface area contributed by atoms with Crippen LogP contribution in [-0.2, 0) is 5.41 Å². The molecule has 0 aliphatic carbocycles. The summed E-state index contributed by atoms with van der Waals surface area (Å²) in [5, 5.41) is 4.61. The fourth-order valence-corrected chi connectivity index (χ4v) is 7.11. The number of hydrogen-bond acceptors (Lipinski definition) is 2. The average Bonchev–Trinajstić information content (AvgIpc) is 3.27. The number of aryl methyl sites for hydroxylation is 1. The minimum absolute atomic E-state index is 0.300. The molecule has 6 rings (SSSR count). The molecule has 1 unspecified atom stereocenters. The first-order valence-electron chi connectivity index (χ1n) is 12.7. The number of aromatic nitrogens is 1. The predicted molar refractivity (Wildman–Crippen MR) is 160 cm³/mol. The van der Waals surface area contributed by atoms with Crippen molar-refractivity contribution in [2.75, 3.05) is 12.4 Å². The van der Waals surface area contributed by atoms with Gasteiger partial charge in [-0.05, 0) is 54.3 Å². The van der Waals surface area contributed by atoms with Gasteiger partial charge in [-0.2, -0.15) is 0 Å². The first kappa shape index (κ1) is 23.4. The fourth-order valence-electron chi connectivity index (χ4n) is 5.73. The van der Waals surface area contributed by atoms with Crippen LogP contribution in [0.25, 0.3) is 28.1 Å². The van der Waals surface area contributed by atoms with Crippen molar-refractivity contribution in [1.29, 1.82) is 0 Å². The number of nitrogens with one attached hydrogen (secondary N) is 2. The lowest BCUT2D eigenvalue weighted by Gasteiger charge is -2.39. The molecule has 0 saturated carbocycles. The molecule has 1 aliphatic heterocycles. The van der Waals surface area contributed by atoms with Crippen LogP contribution in [0.4, 0.5) is 5.69 Å². The molecular formula is C34H30N2S. The van der Waals surface area contributed by atoms with Crippen molar-refractivity contribution in [1.82, 2.24) is 4.98 Å².